The Bertz CT molecular complexity index is 459. The Balaban J connectivity index is 0. The summed E-state index contributed by atoms with van der Waals surface area (Å²) in [6, 6.07) is 6.92. The molecule has 0 bridgehead atoms. The lowest BCUT2D eigenvalue weighted by atomic mass is 10.2. The van der Waals surface area contributed by atoms with Gasteiger partial charge in [-0.15, -0.1) is 0 Å². The van der Waals surface area contributed by atoms with Crippen molar-refractivity contribution in [1.29, 1.82) is 0 Å². The van der Waals surface area contributed by atoms with Crippen LogP contribution in [-0.4, -0.2) is 51.9 Å². The number of hydrogen-bond donors (Lipinski definition) is 0. The lowest BCUT2D eigenvalue weighted by Crippen LogP contribution is -2.33. The summed E-state index contributed by atoms with van der Waals surface area (Å²) in [5.74, 6) is 0. The molecule has 0 fully saturated rings. The molecule has 0 amide bonds. The number of hydrogen-bond acceptors (Lipinski definition) is 3. The summed E-state index contributed by atoms with van der Waals surface area (Å²) in [7, 11) is 2.11. The van der Waals surface area contributed by atoms with Crippen LogP contribution in [0, 0.1) is 6.92 Å². The summed E-state index contributed by atoms with van der Waals surface area (Å²) in [6.07, 6.45) is 0. The third-order valence-electron chi connectivity index (χ3n) is 2.59. The molecule has 0 N–H and O–H groups in total. The normalized spacial score (nSPS) is 11.4. The van der Waals surface area contributed by atoms with Gasteiger partial charge in [0.1, 0.15) is 0 Å². The van der Waals surface area contributed by atoms with Crippen molar-refractivity contribution in [2.45, 2.75) is 25.7 Å². The zero-order valence-electron chi connectivity index (χ0n) is 12.8. The minimum Gasteiger partial charge on any atom is -0.308 e. The number of nitrogens with zero attached hydrogens (tertiary/aromatic N) is 2. The zero-order valence-corrected chi connectivity index (χ0v) is 13.7. The van der Waals surface area contributed by atoms with E-state index in [0.717, 1.165) is 5.56 Å². The highest BCUT2D eigenvalue weighted by Crippen LogP contribution is 2.14. The van der Waals surface area contributed by atoms with Crippen molar-refractivity contribution in [2.75, 3.05) is 34.2 Å². The van der Waals surface area contributed by atoms with E-state index in [-0.39, 0.29) is 1.43 Å². The molecule has 0 saturated carbocycles. The maximum atomic E-state index is 12.2. The van der Waals surface area contributed by atoms with Crippen LogP contribution in [0.4, 0.5) is 0 Å². The van der Waals surface area contributed by atoms with E-state index in [1.165, 1.54) is 4.31 Å². The van der Waals surface area contributed by atoms with Crippen molar-refractivity contribution in [1.82, 2.24) is 9.21 Å². The summed E-state index contributed by atoms with van der Waals surface area (Å²) in [4.78, 5) is 2.31. The summed E-state index contributed by atoms with van der Waals surface area (Å²) in [5, 5.41) is 0. The summed E-state index contributed by atoms with van der Waals surface area (Å²) >= 11 is 0. The fourth-order valence-corrected chi connectivity index (χ4v) is 2.51. The second-order valence-electron chi connectivity index (χ2n) is 4.44. The van der Waals surface area contributed by atoms with Crippen LogP contribution >= 0.6 is 0 Å². The van der Waals surface area contributed by atoms with Gasteiger partial charge in [0.15, 0.2) is 0 Å². The van der Waals surface area contributed by atoms with Gasteiger partial charge in [-0.25, -0.2) is 8.42 Å². The molecule has 1 aromatic carbocycles. The molecule has 1 rings (SSSR count). The highest BCUT2D eigenvalue weighted by atomic mass is 32.2. The first-order valence-corrected chi connectivity index (χ1v) is 7.96. The topological polar surface area (TPSA) is 40.6 Å². The molecule has 0 saturated heterocycles. The van der Waals surface area contributed by atoms with E-state index in [1.807, 2.05) is 51.9 Å². The van der Waals surface area contributed by atoms with Gasteiger partial charge in [0, 0.05) is 21.6 Å². The Kier molecular flexibility index (Phi) is 7.90. The van der Waals surface area contributed by atoms with Crippen molar-refractivity contribution in [3.63, 3.8) is 0 Å². The quantitative estimate of drug-likeness (QED) is 0.835. The fraction of sp³-hybridized carbons (Fsp3) is 0.571. The SMILES string of the molecule is CC.Cc1ccc(S(=O)(=O)N(C)CCN(C)C)cc1.[HH]. The molecule has 0 spiro atoms. The Hall–Kier alpha value is -0.910. The molecule has 0 unspecified atom stereocenters. The van der Waals surface area contributed by atoms with Gasteiger partial charge >= 0.3 is 0 Å². The molecule has 0 heterocycles. The molecule has 5 heteroatoms. The monoisotopic (exact) mass is 288 g/mol. The number of aryl methyl sites for hydroxylation is 1. The maximum absolute atomic E-state index is 12.2. The largest absolute Gasteiger partial charge is 0.308 e. The molecule has 0 aliphatic rings. The van der Waals surface area contributed by atoms with Crippen LogP contribution in [0.1, 0.15) is 20.8 Å². The molecule has 112 valence electrons. The number of benzene rings is 1. The highest BCUT2D eigenvalue weighted by Gasteiger charge is 2.19. The van der Waals surface area contributed by atoms with Crippen molar-refractivity contribution >= 4 is 10.0 Å². The van der Waals surface area contributed by atoms with E-state index >= 15 is 0 Å². The van der Waals surface area contributed by atoms with Crippen LogP contribution in [0.3, 0.4) is 0 Å². The molecule has 1 aromatic rings. The second kappa shape index (κ2) is 8.30. The lowest BCUT2D eigenvalue weighted by Gasteiger charge is -2.19. The molecule has 0 aromatic heterocycles. The van der Waals surface area contributed by atoms with Gasteiger partial charge in [-0.1, -0.05) is 31.5 Å². The minimum atomic E-state index is -3.34. The Labute approximate surface area is 119 Å². The van der Waals surface area contributed by atoms with Gasteiger partial charge in [-0.2, -0.15) is 4.31 Å². The van der Waals surface area contributed by atoms with E-state index in [2.05, 4.69) is 0 Å². The summed E-state index contributed by atoms with van der Waals surface area (Å²) < 4.78 is 25.7. The summed E-state index contributed by atoms with van der Waals surface area (Å²) in [6.45, 7) is 7.14. The Morgan fingerprint density at radius 2 is 1.47 bits per heavy atom. The molecule has 0 radical (unpaired) electrons. The van der Waals surface area contributed by atoms with E-state index in [1.54, 1.807) is 19.2 Å². The van der Waals surface area contributed by atoms with Crippen LogP contribution in [0.5, 0.6) is 0 Å². The van der Waals surface area contributed by atoms with E-state index in [9.17, 15) is 8.42 Å². The Morgan fingerprint density at radius 1 is 1.00 bits per heavy atom. The van der Waals surface area contributed by atoms with E-state index < -0.39 is 10.0 Å². The van der Waals surface area contributed by atoms with Crippen LogP contribution in [0.2, 0.25) is 0 Å². The molecular formula is C14H28N2O2S. The molecule has 0 aliphatic heterocycles. The van der Waals surface area contributed by atoms with Crippen molar-refractivity contribution in [3.05, 3.63) is 29.8 Å². The van der Waals surface area contributed by atoms with Crippen LogP contribution in [0.15, 0.2) is 29.2 Å². The molecule has 0 aliphatic carbocycles. The van der Waals surface area contributed by atoms with E-state index in [0.29, 0.717) is 18.0 Å². The van der Waals surface area contributed by atoms with E-state index in [4.69, 9.17) is 0 Å². The third-order valence-corrected chi connectivity index (χ3v) is 4.46. The lowest BCUT2D eigenvalue weighted by molar-refractivity contribution is 0.358. The highest BCUT2D eigenvalue weighted by molar-refractivity contribution is 7.89. The third kappa shape index (κ3) is 5.72. The summed E-state index contributed by atoms with van der Waals surface area (Å²) in [5.41, 5.74) is 1.06. The predicted octanol–water partition coefficient (Wildman–Crippen LogP) is 2.45. The van der Waals surface area contributed by atoms with Crippen molar-refractivity contribution < 1.29 is 9.84 Å². The first kappa shape index (κ1) is 18.1. The smallest absolute Gasteiger partial charge is 0.242 e. The average molecular weight is 288 g/mol. The van der Waals surface area contributed by atoms with Crippen LogP contribution < -0.4 is 0 Å². The van der Waals surface area contributed by atoms with Gasteiger partial charge in [0.2, 0.25) is 10.0 Å². The molecular weight excluding hydrogens is 260 g/mol. The van der Waals surface area contributed by atoms with Gasteiger partial charge in [-0.3, -0.25) is 0 Å². The number of rotatable bonds is 5. The number of likely N-dealkylation sites (N-methyl/N-ethyl adjacent to an activating group) is 2. The van der Waals surface area contributed by atoms with Gasteiger partial charge in [0.25, 0.3) is 0 Å². The van der Waals surface area contributed by atoms with Gasteiger partial charge in [-0.05, 0) is 33.2 Å². The van der Waals surface area contributed by atoms with Gasteiger partial charge < -0.3 is 4.90 Å². The second-order valence-corrected chi connectivity index (χ2v) is 6.49. The predicted molar refractivity (Wildman–Crippen MR) is 83.0 cm³/mol. The van der Waals surface area contributed by atoms with Crippen molar-refractivity contribution in [3.8, 4) is 0 Å². The number of sulfonamides is 1. The molecule has 4 nitrogen and oxygen atoms in total. The van der Waals surface area contributed by atoms with Gasteiger partial charge in [0.05, 0.1) is 4.90 Å². The molecule has 0 atom stereocenters. The van der Waals surface area contributed by atoms with Crippen molar-refractivity contribution in [2.24, 2.45) is 0 Å². The first-order chi connectivity index (χ1) is 8.84. The van der Waals surface area contributed by atoms with Crippen LogP contribution in [-0.2, 0) is 10.0 Å². The minimum absolute atomic E-state index is 0. The van der Waals surface area contributed by atoms with Crippen LogP contribution in [0.25, 0.3) is 0 Å². The molecule has 19 heavy (non-hydrogen) atoms. The average Bonchev–Trinajstić information content (AvgIpc) is 2.38. The fourth-order valence-electron chi connectivity index (χ4n) is 1.35. The maximum Gasteiger partial charge on any atom is 0.242 e. The Morgan fingerprint density at radius 3 is 1.89 bits per heavy atom. The first-order valence-electron chi connectivity index (χ1n) is 6.52. The zero-order chi connectivity index (χ0) is 15.1. The standard InChI is InChI=1S/C12H20N2O2S.C2H6.H2/c1-11-5-7-12(8-6-11)17(15,16)14(4)10-9-13(2)3;1-2;/h5-8H,9-10H2,1-4H3;1-2H3;1H.